The fourth-order valence-corrected chi connectivity index (χ4v) is 6.85. The number of rotatable bonds is 17. The zero-order valence-electron chi connectivity index (χ0n) is 31.2. The molecule has 2 N–H and O–H groups in total. The third-order valence-electron chi connectivity index (χ3n) is 8.87. The number of ether oxygens (including phenoxy) is 2. The minimum absolute atomic E-state index is 0.0949. The minimum Gasteiger partial charge on any atom is -0.493 e. The molecule has 4 aromatic rings. The quantitative estimate of drug-likeness (QED) is 0.0907. The second-order valence-corrected chi connectivity index (χ2v) is 15.8. The van der Waals surface area contributed by atoms with Crippen LogP contribution in [0.1, 0.15) is 66.1 Å². The molecule has 54 heavy (non-hydrogen) atoms. The highest BCUT2D eigenvalue weighted by atomic mass is 32.2. The monoisotopic (exact) mass is 770 g/mol. The molecule has 2 aromatic heterocycles. The van der Waals surface area contributed by atoms with E-state index in [4.69, 9.17) is 9.47 Å². The summed E-state index contributed by atoms with van der Waals surface area (Å²) < 4.78 is 9.84. The molecule has 3 heterocycles. The molecule has 5 rings (SSSR count). The standard InChI is InChI=1S/C21H26N2O3S.C20H20N2O4S/c1-4-16-5-8-18(22-14-16)11-12-26-19-9-6-17(7-10-19)13-21(2,27-3)20(25)23-15-24;1-3-13-6-9-16(21-11-13)17(23)12-26-15-7-4-14(5-8-15)10-20(2)18(24)22-19(25)27-20/h5-10,14-15H,4,11-13H2,1-3H3,(H,23,24,25);4-9,11H,3,10,12H2,1-2H3,(H,22,24,25). The van der Waals surface area contributed by atoms with E-state index in [2.05, 4.69) is 33.6 Å². The van der Waals surface area contributed by atoms with Gasteiger partial charge in [0.1, 0.15) is 21.9 Å². The molecule has 2 atom stereocenters. The molecule has 13 heteroatoms. The Balaban J connectivity index is 0.000000241. The van der Waals surface area contributed by atoms with Crippen molar-refractivity contribution >= 4 is 52.8 Å². The van der Waals surface area contributed by atoms with Gasteiger partial charge in [-0.2, -0.15) is 0 Å². The molecule has 1 saturated heterocycles. The van der Waals surface area contributed by atoms with Gasteiger partial charge in [0, 0.05) is 24.5 Å². The number of pyridine rings is 2. The molecule has 1 aliphatic heterocycles. The van der Waals surface area contributed by atoms with Gasteiger partial charge in [0.05, 0.1) is 11.4 Å². The van der Waals surface area contributed by atoms with Gasteiger partial charge in [-0.1, -0.05) is 50.2 Å². The number of hydrogen-bond donors (Lipinski definition) is 2. The summed E-state index contributed by atoms with van der Waals surface area (Å²) >= 11 is 2.43. The summed E-state index contributed by atoms with van der Waals surface area (Å²) in [6.07, 6.45) is 9.48. The molecule has 0 radical (unpaired) electrons. The Hall–Kier alpha value is -5.01. The zero-order chi connectivity index (χ0) is 39.1. The van der Waals surface area contributed by atoms with E-state index in [1.54, 1.807) is 31.3 Å². The molecule has 0 bridgehead atoms. The highest BCUT2D eigenvalue weighted by Gasteiger charge is 2.43. The van der Waals surface area contributed by atoms with Crippen LogP contribution in [0.2, 0.25) is 0 Å². The van der Waals surface area contributed by atoms with Crippen molar-refractivity contribution in [3.8, 4) is 11.5 Å². The van der Waals surface area contributed by atoms with E-state index in [-0.39, 0.29) is 29.4 Å². The number of aryl methyl sites for hydroxylation is 2. The van der Waals surface area contributed by atoms with Crippen molar-refractivity contribution in [1.29, 1.82) is 0 Å². The van der Waals surface area contributed by atoms with Crippen LogP contribution in [0, 0.1) is 0 Å². The molecular weight excluding hydrogens is 725 g/mol. The highest BCUT2D eigenvalue weighted by molar-refractivity contribution is 8.16. The SMILES string of the molecule is CCc1ccc(C(=O)COc2ccc(CC3(C)SC(=O)NC3=O)cc2)nc1.CCc1ccc(CCOc2ccc(CC(C)(SC)C(=O)NC=O)cc2)nc1. The Bertz CT molecular complexity index is 1890. The third kappa shape index (κ3) is 12.0. The number of nitrogens with zero attached hydrogens (tertiary/aromatic N) is 2. The van der Waals surface area contributed by atoms with Crippen molar-refractivity contribution in [3.63, 3.8) is 0 Å². The summed E-state index contributed by atoms with van der Waals surface area (Å²) in [5.74, 6) is 0.595. The number of amides is 4. The number of ketones is 1. The van der Waals surface area contributed by atoms with Gasteiger partial charge < -0.3 is 9.47 Å². The fourth-order valence-electron chi connectivity index (χ4n) is 5.36. The maximum absolute atomic E-state index is 12.2. The van der Waals surface area contributed by atoms with Gasteiger partial charge in [-0.15, -0.1) is 11.8 Å². The maximum Gasteiger partial charge on any atom is 0.286 e. The van der Waals surface area contributed by atoms with E-state index in [0.717, 1.165) is 59.2 Å². The summed E-state index contributed by atoms with van der Waals surface area (Å²) in [5, 5.41) is 4.24. The molecule has 2 aromatic carbocycles. The first-order valence-corrected chi connectivity index (χ1v) is 19.6. The Morgan fingerprint density at radius 3 is 1.98 bits per heavy atom. The third-order valence-corrected chi connectivity index (χ3v) is 11.2. The van der Waals surface area contributed by atoms with Crippen LogP contribution >= 0.6 is 23.5 Å². The average Bonchev–Trinajstić information content (AvgIpc) is 3.44. The summed E-state index contributed by atoms with van der Waals surface area (Å²) in [6, 6.07) is 22.6. The van der Waals surface area contributed by atoms with Crippen LogP contribution in [0.15, 0.2) is 85.2 Å². The van der Waals surface area contributed by atoms with E-state index in [1.165, 1.54) is 17.3 Å². The molecule has 1 fully saturated rings. The Labute approximate surface area is 324 Å². The number of hydrogen-bond acceptors (Lipinski definition) is 11. The van der Waals surface area contributed by atoms with Gasteiger partial charge in [-0.3, -0.25) is 44.6 Å². The Morgan fingerprint density at radius 1 is 0.870 bits per heavy atom. The maximum atomic E-state index is 12.2. The zero-order valence-corrected chi connectivity index (χ0v) is 32.8. The molecule has 0 saturated carbocycles. The number of imide groups is 2. The van der Waals surface area contributed by atoms with Gasteiger partial charge in [-0.25, -0.2) is 0 Å². The summed E-state index contributed by atoms with van der Waals surface area (Å²) in [4.78, 5) is 66.7. The van der Waals surface area contributed by atoms with Crippen LogP contribution in [0.25, 0.3) is 0 Å². The average molecular weight is 771 g/mol. The van der Waals surface area contributed by atoms with Crippen molar-refractivity contribution < 1.29 is 33.4 Å². The summed E-state index contributed by atoms with van der Waals surface area (Å²) in [7, 11) is 0. The second kappa shape index (κ2) is 19.9. The summed E-state index contributed by atoms with van der Waals surface area (Å²) in [6.45, 7) is 8.18. The number of thioether (sulfide) groups is 2. The first kappa shape index (κ1) is 41.7. The Morgan fingerprint density at radius 2 is 1.46 bits per heavy atom. The molecular formula is C41H46N4O7S2. The lowest BCUT2D eigenvalue weighted by atomic mass is 9.99. The number of carbonyl (C=O) groups excluding carboxylic acids is 5. The first-order valence-electron chi connectivity index (χ1n) is 17.6. The van der Waals surface area contributed by atoms with Crippen molar-refractivity contribution in [2.24, 2.45) is 0 Å². The van der Waals surface area contributed by atoms with Gasteiger partial charge in [0.15, 0.2) is 6.61 Å². The lowest BCUT2D eigenvalue weighted by molar-refractivity contribution is -0.127. The molecule has 284 valence electrons. The van der Waals surface area contributed by atoms with Crippen molar-refractivity contribution in [1.82, 2.24) is 20.6 Å². The second-order valence-electron chi connectivity index (χ2n) is 13.0. The van der Waals surface area contributed by atoms with Crippen LogP contribution in [0.4, 0.5) is 4.79 Å². The van der Waals surface area contributed by atoms with E-state index < -0.39 is 9.49 Å². The van der Waals surface area contributed by atoms with Crippen LogP contribution in [-0.2, 0) is 46.5 Å². The van der Waals surface area contributed by atoms with Gasteiger partial charge in [0.2, 0.25) is 24.0 Å². The number of benzene rings is 2. The molecule has 1 aliphatic rings. The number of Topliss-reactive ketones (excluding diaryl/α,β-unsaturated/α-hetero) is 1. The van der Waals surface area contributed by atoms with Crippen LogP contribution in [-0.4, -0.2) is 68.2 Å². The lowest BCUT2D eigenvalue weighted by Crippen LogP contribution is -2.42. The van der Waals surface area contributed by atoms with Crippen LogP contribution < -0.4 is 20.1 Å². The molecule has 0 spiro atoms. The van der Waals surface area contributed by atoms with Crippen LogP contribution in [0.3, 0.4) is 0 Å². The number of carbonyl (C=O) groups is 5. The molecule has 0 aliphatic carbocycles. The predicted molar refractivity (Wildman–Crippen MR) is 212 cm³/mol. The van der Waals surface area contributed by atoms with E-state index in [0.29, 0.717) is 37.3 Å². The molecule has 4 amide bonds. The Kier molecular flexibility index (Phi) is 15.4. The van der Waals surface area contributed by atoms with Gasteiger partial charge in [-0.05, 0) is 116 Å². The normalized spacial score (nSPS) is 15.9. The first-order chi connectivity index (χ1) is 25.9. The lowest BCUT2D eigenvalue weighted by Gasteiger charge is -2.25. The van der Waals surface area contributed by atoms with Crippen molar-refractivity contribution in [2.75, 3.05) is 19.5 Å². The molecule has 11 nitrogen and oxygen atoms in total. The van der Waals surface area contributed by atoms with Crippen LogP contribution in [0.5, 0.6) is 11.5 Å². The highest BCUT2D eigenvalue weighted by Crippen LogP contribution is 2.35. The summed E-state index contributed by atoms with van der Waals surface area (Å²) in [5.41, 5.74) is 5.62. The van der Waals surface area contributed by atoms with Crippen molar-refractivity contribution in [3.05, 3.63) is 119 Å². The smallest absolute Gasteiger partial charge is 0.286 e. The largest absolute Gasteiger partial charge is 0.493 e. The molecule has 2 unspecified atom stereocenters. The van der Waals surface area contributed by atoms with E-state index in [9.17, 15) is 24.0 Å². The topological polar surface area (TPSA) is 154 Å². The minimum atomic E-state index is -0.800. The van der Waals surface area contributed by atoms with Gasteiger partial charge in [0.25, 0.3) is 5.24 Å². The van der Waals surface area contributed by atoms with Gasteiger partial charge >= 0.3 is 0 Å². The fraction of sp³-hybridized carbons (Fsp3) is 0.341. The van der Waals surface area contributed by atoms with E-state index in [1.807, 2.05) is 74.8 Å². The van der Waals surface area contributed by atoms with E-state index >= 15 is 0 Å². The number of nitrogens with one attached hydrogen (secondary N) is 2. The number of aromatic nitrogens is 2. The van der Waals surface area contributed by atoms with Crippen molar-refractivity contribution in [2.45, 2.75) is 69.3 Å². The predicted octanol–water partition coefficient (Wildman–Crippen LogP) is 6.39.